The molecule has 0 spiro atoms. The fourth-order valence-corrected chi connectivity index (χ4v) is 0.413. The summed E-state index contributed by atoms with van der Waals surface area (Å²) < 4.78 is 9.40. The van der Waals surface area contributed by atoms with Crippen molar-refractivity contribution in [2.24, 2.45) is 0 Å². The third kappa shape index (κ3) is 5.41. The Kier molecular flexibility index (Phi) is 3.84. The van der Waals surface area contributed by atoms with Gasteiger partial charge in [0.2, 0.25) is 0 Å². The molecule has 0 atom stereocenters. The zero-order chi connectivity index (χ0) is 8.15. The van der Waals surface area contributed by atoms with Gasteiger partial charge >= 0.3 is 6.16 Å². The third-order valence-corrected chi connectivity index (χ3v) is 0.664. The summed E-state index contributed by atoms with van der Waals surface area (Å²) in [6.07, 6.45) is -0.803. The largest absolute Gasteiger partial charge is 0.508 e. The van der Waals surface area contributed by atoms with Crippen LogP contribution in [-0.2, 0) is 9.47 Å². The van der Waals surface area contributed by atoms with Crippen LogP contribution in [0, 0.1) is 0 Å². The highest BCUT2D eigenvalue weighted by atomic mass is 16.7. The van der Waals surface area contributed by atoms with Gasteiger partial charge in [0.15, 0.2) is 0 Å². The number of rotatable bonds is 2. The van der Waals surface area contributed by atoms with Crippen LogP contribution in [-0.4, -0.2) is 18.4 Å². The van der Waals surface area contributed by atoms with Crippen LogP contribution in [0.3, 0.4) is 0 Å². The Morgan fingerprint density at radius 1 is 1.00 bits per heavy atom. The van der Waals surface area contributed by atoms with Crippen LogP contribution in [0.1, 0.15) is 27.7 Å². The molecule has 0 radical (unpaired) electrons. The molecular formula is C7H14O3. The molecule has 0 saturated carbocycles. The third-order valence-electron chi connectivity index (χ3n) is 0.664. The van der Waals surface area contributed by atoms with Gasteiger partial charge in [-0.15, -0.1) is 0 Å². The fourth-order valence-electron chi connectivity index (χ4n) is 0.413. The molecule has 0 aromatic rings. The second-order valence-electron chi connectivity index (χ2n) is 2.58. The molecule has 10 heavy (non-hydrogen) atoms. The van der Waals surface area contributed by atoms with E-state index in [9.17, 15) is 4.79 Å². The Labute approximate surface area is 61.3 Å². The number of carbonyl (C=O) groups is 1. The van der Waals surface area contributed by atoms with Crippen LogP contribution in [0.15, 0.2) is 0 Å². The summed E-state index contributed by atoms with van der Waals surface area (Å²) in [5.74, 6) is 0. The second-order valence-corrected chi connectivity index (χ2v) is 2.58. The van der Waals surface area contributed by atoms with Crippen molar-refractivity contribution in [3.8, 4) is 0 Å². The van der Waals surface area contributed by atoms with Crippen molar-refractivity contribution >= 4 is 6.16 Å². The van der Waals surface area contributed by atoms with E-state index in [4.69, 9.17) is 9.47 Å². The standard InChI is InChI=1S/C7H14O3/c1-5(2)9-7(8)10-6(3)4/h5-6H,1-4H3. The maximum atomic E-state index is 10.6. The van der Waals surface area contributed by atoms with Crippen molar-refractivity contribution in [3.63, 3.8) is 0 Å². The topological polar surface area (TPSA) is 35.5 Å². The minimum absolute atomic E-state index is 0.105. The predicted molar refractivity (Wildman–Crippen MR) is 37.8 cm³/mol. The molecule has 0 bridgehead atoms. The average Bonchev–Trinajstić information content (AvgIpc) is 1.58. The molecule has 0 fully saturated rings. The monoisotopic (exact) mass is 146 g/mol. The lowest BCUT2D eigenvalue weighted by Gasteiger charge is -2.10. The van der Waals surface area contributed by atoms with Gasteiger partial charge in [0, 0.05) is 0 Å². The summed E-state index contributed by atoms with van der Waals surface area (Å²) in [4.78, 5) is 10.6. The molecule has 0 heterocycles. The summed E-state index contributed by atoms with van der Waals surface area (Å²) in [5.41, 5.74) is 0. The van der Waals surface area contributed by atoms with Crippen LogP contribution >= 0.6 is 0 Å². The van der Waals surface area contributed by atoms with Crippen molar-refractivity contribution in [1.82, 2.24) is 0 Å². The molecule has 0 aromatic heterocycles. The quantitative estimate of drug-likeness (QED) is 0.558. The van der Waals surface area contributed by atoms with Crippen molar-refractivity contribution < 1.29 is 14.3 Å². The fraction of sp³-hybridized carbons (Fsp3) is 0.857. The minimum Gasteiger partial charge on any atom is -0.432 e. The smallest absolute Gasteiger partial charge is 0.432 e. The van der Waals surface area contributed by atoms with Gasteiger partial charge in [0.1, 0.15) is 0 Å². The van der Waals surface area contributed by atoms with Crippen LogP contribution in [0.5, 0.6) is 0 Å². The van der Waals surface area contributed by atoms with Crippen molar-refractivity contribution in [1.29, 1.82) is 0 Å². The summed E-state index contributed by atoms with van der Waals surface area (Å²) in [5, 5.41) is 0. The van der Waals surface area contributed by atoms with Gasteiger partial charge in [0.05, 0.1) is 12.2 Å². The first-order chi connectivity index (χ1) is 4.52. The van der Waals surface area contributed by atoms with Crippen LogP contribution in [0.4, 0.5) is 4.79 Å². The maximum absolute atomic E-state index is 10.6. The van der Waals surface area contributed by atoms with Gasteiger partial charge in [0.25, 0.3) is 0 Å². The molecule has 0 saturated heterocycles. The van der Waals surface area contributed by atoms with E-state index in [1.807, 2.05) is 0 Å². The molecule has 0 aliphatic carbocycles. The van der Waals surface area contributed by atoms with Gasteiger partial charge < -0.3 is 9.47 Å². The molecule has 3 heteroatoms. The van der Waals surface area contributed by atoms with Gasteiger partial charge in [-0.3, -0.25) is 0 Å². The minimum atomic E-state index is -0.593. The molecule has 0 aliphatic rings. The molecule has 0 aliphatic heterocycles. The lowest BCUT2D eigenvalue weighted by molar-refractivity contribution is 0.0167. The molecule has 0 amide bonds. The predicted octanol–water partition coefficient (Wildman–Crippen LogP) is 1.96. The SMILES string of the molecule is CC(C)OC(=O)OC(C)C. The Morgan fingerprint density at radius 2 is 1.30 bits per heavy atom. The molecule has 0 rings (SSSR count). The normalized spacial score (nSPS) is 10.2. The van der Waals surface area contributed by atoms with E-state index in [-0.39, 0.29) is 12.2 Å². The van der Waals surface area contributed by atoms with E-state index in [1.165, 1.54) is 0 Å². The zero-order valence-corrected chi connectivity index (χ0v) is 6.88. The van der Waals surface area contributed by atoms with Gasteiger partial charge in [-0.25, -0.2) is 4.79 Å². The second kappa shape index (κ2) is 4.14. The number of hydrogen-bond donors (Lipinski definition) is 0. The molecule has 0 unspecified atom stereocenters. The lowest BCUT2D eigenvalue weighted by atomic mass is 10.5. The molecular weight excluding hydrogens is 132 g/mol. The van der Waals surface area contributed by atoms with E-state index >= 15 is 0 Å². The highest BCUT2D eigenvalue weighted by Crippen LogP contribution is 1.95. The Morgan fingerprint density at radius 3 is 1.50 bits per heavy atom. The van der Waals surface area contributed by atoms with Gasteiger partial charge in [-0.05, 0) is 27.7 Å². The number of hydrogen-bond acceptors (Lipinski definition) is 3. The van der Waals surface area contributed by atoms with E-state index in [2.05, 4.69) is 0 Å². The Hall–Kier alpha value is -0.730. The first kappa shape index (κ1) is 9.27. The van der Waals surface area contributed by atoms with Crippen molar-refractivity contribution in [2.75, 3.05) is 0 Å². The first-order valence-electron chi connectivity index (χ1n) is 3.39. The van der Waals surface area contributed by atoms with Gasteiger partial charge in [-0.1, -0.05) is 0 Å². The number of ether oxygens (including phenoxy) is 2. The van der Waals surface area contributed by atoms with E-state index in [0.717, 1.165) is 0 Å². The molecule has 3 nitrogen and oxygen atoms in total. The number of carbonyl (C=O) groups excluding carboxylic acids is 1. The highest BCUT2D eigenvalue weighted by molar-refractivity contribution is 5.60. The maximum Gasteiger partial charge on any atom is 0.508 e. The summed E-state index contributed by atoms with van der Waals surface area (Å²) >= 11 is 0. The molecule has 0 N–H and O–H groups in total. The van der Waals surface area contributed by atoms with Crippen LogP contribution < -0.4 is 0 Å². The summed E-state index contributed by atoms with van der Waals surface area (Å²) in [7, 11) is 0. The Balaban J connectivity index is 3.44. The first-order valence-corrected chi connectivity index (χ1v) is 3.39. The van der Waals surface area contributed by atoms with Gasteiger partial charge in [-0.2, -0.15) is 0 Å². The van der Waals surface area contributed by atoms with E-state index < -0.39 is 6.16 Å². The average molecular weight is 146 g/mol. The summed E-state index contributed by atoms with van der Waals surface area (Å²) in [6.45, 7) is 7.12. The van der Waals surface area contributed by atoms with Crippen LogP contribution in [0.25, 0.3) is 0 Å². The van der Waals surface area contributed by atoms with Crippen molar-refractivity contribution in [3.05, 3.63) is 0 Å². The zero-order valence-electron chi connectivity index (χ0n) is 6.88. The van der Waals surface area contributed by atoms with E-state index in [0.29, 0.717) is 0 Å². The van der Waals surface area contributed by atoms with E-state index in [1.54, 1.807) is 27.7 Å². The highest BCUT2D eigenvalue weighted by Gasteiger charge is 2.07. The molecule has 60 valence electrons. The Bertz CT molecular complexity index is 95.4. The lowest BCUT2D eigenvalue weighted by Crippen LogP contribution is -2.16. The molecule has 0 aromatic carbocycles. The van der Waals surface area contributed by atoms with Crippen LogP contribution in [0.2, 0.25) is 0 Å². The van der Waals surface area contributed by atoms with Crippen molar-refractivity contribution in [2.45, 2.75) is 39.9 Å². The summed E-state index contributed by atoms with van der Waals surface area (Å²) in [6, 6.07) is 0.